The summed E-state index contributed by atoms with van der Waals surface area (Å²) in [5, 5.41) is 12.2. The molecule has 18 heavy (non-hydrogen) atoms. The van der Waals surface area contributed by atoms with E-state index < -0.39 is 6.10 Å². The van der Waals surface area contributed by atoms with Crippen molar-refractivity contribution in [2.75, 3.05) is 0 Å². The summed E-state index contributed by atoms with van der Waals surface area (Å²) >= 11 is 4.94. The van der Waals surface area contributed by atoms with Gasteiger partial charge in [-0.05, 0) is 47.2 Å². The van der Waals surface area contributed by atoms with E-state index in [1.807, 2.05) is 11.4 Å². The molecule has 96 valence electrons. The van der Waals surface area contributed by atoms with Crippen molar-refractivity contribution in [1.29, 1.82) is 0 Å². The quantitative estimate of drug-likeness (QED) is 0.876. The maximum atomic E-state index is 13.2. The highest BCUT2D eigenvalue weighted by atomic mass is 79.9. The summed E-state index contributed by atoms with van der Waals surface area (Å²) in [5.74, 6) is -0.276. The standard InChI is InChI=1S/C14H14BrFOS/c1-2-9-5-6-18-14(9)13(17)8-10-7-11(16)3-4-12(10)15/h3-7,13,17H,2,8H2,1H3. The van der Waals surface area contributed by atoms with Gasteiger partial charge in [-0.3, -0.25) is 0 Å². The summed E-state index contributed by atoms with van der Waals surface area (Å²) in [6.45, 7) is 2.07. The van der Waals surface area contributed by atoms with Crippen LogP contribution in [-0.4, -0.2) is 5.11 Å². The Labute approximate surface area is 118 Å². The summed E-state index contributed by atoms with van der Waals surface area (Å²) < 4.78 is 14.0. The van der Waals surface area contributed by atoms with Crippen LogP contribution in [0.3, 0.4) is 0 Å². The first-order chi connectivity index (χ1) is 8.61. The molecule has 0 radical (unpaired) electrons. The fourth-order valence-corrected chi connectivity index (χ4v) is 3.32. The van der Waals surface area contributed by atoms with Crippen LogP contribution in [0.15, 0.2) is 34.1 Å². The number of aliphatic hydroxyl groups is 1. The molecule has 0 saturated heterocycles. The van der Waals surface area contributed by atoms with E-state index in [0.29, 0.717) is 6.42 Å². The number of halogens is 2. The molecule has 0 fully saturated rings. The van der Waals surface area contributed by atoms with Crippen molar-refractivity contribution in [3.8, 4) is 0 Å². The molecular formula is C14H14BrFOS. The van der Waals surface area contributed by atoms with Crippen LogP contribution in [0.1, 0.15) is 29.0 Å². The minimum Gasteiger partial charge on any atom is -0.387 e. The van der Waals surface area contributed by atoms with Gasteiger partial charge >= 0.3 is 0 Å². The number of thiophene rings is 1. The average molecular weight is 329 g/mol. The van der Waals surface area contributed by atoms with Crippen molar-refractivity contribution in [2.45, 2.75) is 25.9 Å². The van der Waals surface area contributed by atoms with E-state index in [9.17, 15) is 9.50 Å². The molecule has 1 heterocycles. The minimum absolute atomic E-state index is 0.276. The Balaban J connectivity index is 2.21. The van der Waals surface area contributed by atoms with E-state index in [-0.39, 0.29) is 5.82 Å². The molecule has 0 bridgehead atoms. The van der Waals surface area contributed by atoms with E-state index >= 15 is 0 Å². The predicted molar refractivity (Wildman–Crippen MR) is 76.5 cm³/mol. The SMILES string of the molecule is CCc1ccsc1C(O)Cc1cc(F)ccc1Br. The topological polar surface area (TPSA) is 20.2 Å². The summed E-state index contributed by atoms with van der Waals surface area (Å²) in [6, 6.07) is 6.57. The maximum Gasteiger partial charge on any atom is 0.123 e. The number of hydrogen-bond acceptors (Lipinski definition) is 2. The Bertz CT molecular complexity index is 538. The molecular weight excluding hydrogens is 315 g/mol. The molecule has 1 aromatic carbocycles. The van der Waals surface area contributed by atoms with Gasteiger partial charge in [-0.15, -0.1) is 11.3 Å². The maximum absolute atomic E-state index is 13.2. The number of rotatable bonds is 4. The van der Waals surface area contributed by atoms with Crippen molar-refractivity contribution < 1.29 is 9.50 Å². The Kier molecular flexibility index (Phi) is 4.54. The third kappa shape index (κ3) is 2.99. The first kappa shape index (κ1) is 13.7. The lowest BCUT2D eigenvalue weighted by Gasteiger charge is -2.12. The Morgan fingerprint density at radius 2 is 2.11 bits per heavy atom. The average Bonchev–Trinajstić information content (AvgIpc) is 2.82. The van der Waals surface area contributed by atoms with Crippen LogP contribution in [0.5, 0.6) is 0 Å². The fraction of sp³-hybridized carbons (Fsp3) is 0.286. The first-order valence-corrected chi connectivity index (χ1v) is 7.47. The lowest BCUT2D eigenvalue weighted by molar-refractivity contribution is 0.181. The smallest absolute Gasteiger partial charge is 0.123 e. The minimum atomic E-state index is -0.571. The van der Waals surface area contributed by atoms with Crippen molar-refractivity contribution in [1.82, 2.24) is 0 Å². The zero-order valence-electron chi connectivity index (χ0n) is 9.99. The summed E-state index contributed by atoms with van der Waals surface area (Å²) in [5.41, 5.74) is 1.96. The van der Waals surface area contributed by atoms with Crippen molar-refractivity contribution in [3.63, 3.8) is 0 Å². The molecule has 2 aromatic rings. The molecule has 0 aliphatic rings. The van der Waals surface area contributed by atoms with Gasteiger partial charge in [-0.25, -0.2) is 4.39 Å². The molecule has 1 N–H and O–H groups in total. The zero-order chi connectivity index (χ0) is 13.1. The van der Waals surface area contributed by atoms with E-state index in [4.69, 9.17) is 0 Å². The van der Waals surface area contributed by atoms with E-state index in [1.54, 1.807) is 17.4 Å². The van der Waals surface area contributed by atoms with Gasteiger partial charge in [0.25, 0.3) is 0 Å². The van der Waals surface area contributed by atoms with Gasteiger partial charge in [0, 0.05) is 15.8 Å². The number of aliphatic hydroxyl groups excluding tert-OH is 1. The Morgan fingerprint density at radius 3 is 2.83 bits per heavy atom. The lowest BCUT2D eigenvalue weighted by atomic mass is 10.0. The van der Waals surface area contributed by atoms with Gasteiger partial charge in [0.2, 0.25) is 0 Å². The molecule has 1 aromatic heterocycles. The van der Waals surface area contributed by atoms with E-state index in [0.717, 1.165) is 21.3 Å². The summed E-state index contributed by atoms with van der Waals surface area (Å²) in [4.78, 5) is 0.980. The van der Waals surface area contributed by atoms with Gasteiger partial charge in [0.15, 0.2) is 0 Å². The third-order valence-electron chi connectivity index (χ3n) is 2.89. The molecule has 1 unspecified atom stereocenters. The molecule has 0 saturated carbocycles. The van der Waals surface area contributed by atoms with Crippen LogP contribution in [0.4, 0.5) is 4.39 Å². The number of hydrogen-bond donors (Lipinski definition) is 1. The van der Waals surface area contributed by atoms with Crippen molar-refractivity contribution in [3.05, 3.63) is 55.9 Å². The first-order valence-electron chi connectivity index (χ1n) is 5.80. The Morgan fingerprint density at radius 1 is 1.33 bits per heavy atom. The van der Waals surface area contributed by atoms with Crippen LogP contribution in [0, 0.1) is 5.82 Å². The second-order valence-electron chi connectivity index (χ2n) is 4.12. The van der Waals surface area contributed by atoms with E-state index in [1.165, 1.54) is 17.7 Å². The third-order valence-corrected chi connectivity index (χ3v) is 4.72. The zero-order valence-corrected chi connectivity index (χ0v) is 12.4. The van der Waals surface area contributed by atoms with Crippen LogP contribution in [0.2, 0.25) is 0 Å². The van der Waals surface area contributed by atoms with Gasteiger partial charge in [-0.1, -0.05) is 22.9 Å². The number of aryl methyl sites for hydroxylation is 1. The molecule has 0 spiro atoms. The van der Waals surface area contributed by atoms with E-state index in [2.05, 4.69) is 22.9 Å². The monoisotopic (exact) mass is 328 g/mol. The molecule has 2 rings (SSSR count). The molecule has 1 nitrogen and oxygen atoms in total. The second kappa shape index (κ2) is 5.95. The largest absolute Gasteiger partial charge is 0.387 e. The molecule has 0 aliphatic carbocycles. The van der Waals surface area contributed by atoms with Crippen molar-refractivity contribution in [2.24, 2.45) is 0 Å². The van der Waals surface area contributed by atoms with Crippen LogP contribution < -0.4 is 0 Å². The lowest BCUT2D eigenvalue weighted by Crippen LogP contribution is -2.03. The molecule has 0 aliphatic heterocycles. The highest BCUT2D eigenvalue weighted by Gasteiger charge is 2.15. The number of benzene rings is 1. The fourth-order valence-electron chi connectivity index (χ4n) is 1.93. The normalized spacial score (nSPS) is 12.7. The van der Waals surface area contributed by atoms with Crippen LogP contribution in [0.25, 0.3) is 0 Å². The van der Waals surface area contributed by atoms with Gasteiger partial charge < -0.3 is 5.11 Å². The predicted octanol–water partition coefficient (Wildman–Crippen LogP) is 4.49. The Hall–Kier alpha value is -0.710. The molecule has 0 amide bonds. The van der Waals surface area contributed by atoms with Crippen LogP contribution in [-0.2, 0) is 12.8 Å². The molecule has 1 atom stereocenters. The highest BCUT2D eigenvalue weighted by molar-refractivity contribution is 9.10. The molecule has 4 heteroatoms. The van der Waals surface area contributed by atoms with Gasteiger partial charge in [0.05, 0.1) is 6.10 Å². The highest BCUT2D eigenvalue weighted by Crippen LogP contribution is 2.30. The van der Waals surface area contributed by atoms with Crippen LogP contribution >= 0.6 is 27.3 Å². The summed E-state index contributed by atoms with van der Waals surface area (Å²) in [7, 11) is 0. The second-order valence-corrected chi connectivity index (χ2v) is 5.92. The van der Waals surface area contributed by atoms with Gasteiger partial charge in [0.1, 0.15) is 5.82 Å². The summed E-state index contributed by atoms with van der Waals surface area (Å²) in [6.07, 6.45) is 0.754. The van der Waals surface area contributed by atoms with Gasteiger partial charge in [-0.2, -0.15) is 0 Å². The van der Waals surface area contributed by atoms with Crippen molar-refractivity contribution >= 4 is 27.3 Å².